The van der Waals surface area contributed by atoms with E-state index < -0.39 is 0 Å². The summed E-state index contributed by atoms with van der Waals surface area (Å²) in [5, 5.41) is 12.8. The molecular formula is C16H19N3O2S. The van der Waals surface area contributed by atoms with Gasteiger partial charge in [-0.2, -0.15) is 0 Å². The van der Waals surface area contributed by atoms with Crippen LogP contribution in [0, 0.1) is 0 Å². The summed E-state index contributed by atoms with van der Waals surface area (Å²) in [5.74, 6) is 0.631. The minimum atomic E-state index is -0.145. The molecule has 1 aromatic carbocycles. The first kappa shape index (κ1) is 16.3. The van der Waals surface area contributed by atoms with Crippen LogP contribution < -0.4 is 5.32 Å². The summed E-state index contributed by atoms with van der Waals surface area (Å²) in [6, 6.07) is 10.0. The highest BCUT2D eigenvalue weighted by Gasteiger charge is 2.13. The number of thioether (sulfide) groups is 1. The topological polar surface area (TPSA) is 67.2 Å². The first-order chi connectivity index (χ1) is 10.7. The summed E-state index contributed by atoms with van der Waals surface area (Å²) >= 11 is 1.54. The van der Waals surface area contributed by atoms with Crippen molar-refractivity contribution in [1.82, 2.24) is 14.9 Å². The quantitative estimate of drug-likeness (QED) is 0.577. The van der Waals surface area contributed by atoms with Crippen LogP contribution >= 0.6 is 11.8 Å². The zero-order chi connectivity index (χ0) is 15.8. The van der Waals surface area contributed by atoms with Crippen molar-refractivity contribution in [3.8, 4) is 0 Å². The molecule has 5 nitrogen and oxygen atoms in total. The molecule has 1 aromatic heterocycles. The maximum absolute atomic E-state index is 11.9. The molecule has 116 valence electrons. The number of benzene rings is 1. The van der Waals surface area contributed by atoms with Gasteiger partial charge in [-0.1, -0.05) is 48.2 Å². The molecule has 0 saturated carbocycles. The van der Waals surface area contributed by atoms with Crippen molar-refractivity contribution in [2.24, 2.45) is 0 Å². The highest BCUT2D eigenvalue weighted by Crippen LogP contribution is 2.23. The molecule has 0 aliphatic rings. The molecule has 0 aliphatic carbocycles. The predicted octanol–water partition coefficient (Wildman–Crippen LogP) is 1.97. The van der Waals surface area contributed by atoms with Crippen molar-refractivity contribution in [3.63, 3.8) is 0 Å². The van der Waals surface area contributed by atoms with Gasteiger partial charge < -0.3 is 15.0 Å². The second-order valence-corrected chi connectivity index (χ2v) is 5.59. The SMILES string of the molecule is C=CCNC(=O)Cn1c(CO)cnc1SCc1ccccc1. The van der Waals surface area contributed by atoms with Crippen LogP contribution in [0.1, 0.15) is 11.3 Å². The van der Waals surface area contributed by atoms with Gasteiger partial charge in [0, 0.05) is 12.3 Å². The van der Waals surface area contributed by atoms with Crippen LogP contribution in [0.5, 0.6) is 0 Å². The Morgan fingerprint density at radius 2 is 2.18 bits per heavy atom. The van der Waals surface area contributed by atoms with Crippen molar-refractivity contribution in [2.45, 2.75) is 24.1 Å². The molecule has 0 unspecified atom stereocenters. The molecular weight excluding hydrogens is 298 g/mol. The molecule has 2 aromatic rings. The zero-order valence-corrected chi connectivity index (χ0v) is 13.1. The fraction of sp³-hybridized carbons (Fsp3) is 0.250. The number of amides is 1. The summed E-state index contributed by atoms with van der Waals surface area (Å²) in [5.41, 5.74) is 1.81. The number of hydrogen-bond acceptors (Lipinski definition) is 4. The lowest BCUT2D eigenvalue weighted by Gasteiger charge is -2.10. The molecule has 6 heteroatoms. The number of hydrogen-bond donors (Lipinski definition) is 2. The Labute approximate surface area is 134 Å². The second kappa shape index (κ2) is 8.41. The van der Waals surface area contributed by atoms with Gasteiger partial charge in [0.15, 0.2) is 5.16 Å². The van der Waals surface area contributed by atoms with Gasteiger partial charge in [0.25, 0.3) is 0 Å². The van der Waals surface area contributed by atoms with Gasteiger partial charge in [0.05, 0.1) is 18.5 Å². The van der Waals surface area contributed by atoms with Gasteiger partial charge in [-0.25, -0.2) is 4.98 Å². The van der Waals surface area contributed by atoms with Gasteiger partial charge in [-0.15, -0.1) is 6.58 Å². The van der Waals surface area contributed by atoms with E-state index >= 15 is 0 Å². The molecule has 0 fully saturated rings. The maximum Gasteiger partial charge on any atom is 0.240 e. The van der Waals surface area contributed by atoms with E-state index in [1.54, 1.807) is 28.6 Å². The number of carbonyl (C=O) groups is 1. The third-order valence-corrected chi connectivity index (χ3v) is 4.08. The molecule has 2 N–H and O–H groups in total. The molecule has 2 rings (SSSR count). The third kappa shape index (κ3) is 4.47. The van der Waals surface area contributed by atoms with Crippen LogP contribution in [0.15, 0.2) is 54.3 Å². The normalized spacial score (nSPS) is 10.4. The molecule has 0 bridgehead atoms. The average molecular weight is 317 g/mol. The summed E-state index contributed by atoms with van der Waals surface area (Å²) in [4.78, 5) is 16.2. The summed E-state index contributed by atoms with van der Waals surface area (Å²) in [6.45, 7) is 3.99. The predicted molar refractivity (Wildman–Crippen MR) is 87.4 cm³/mol. The van der Waals surface area contributed by atoms with Crippen LogP contribution in [0.4, 0.5) is 0 Å². The second-order valence-electron chi connectivity index (χ2n) is 4.64. The number of rotatable bonds is 8. The highest BCUT2D eigenvalue weighted by molar-refractivity contribution is 7.98. The Morgan fingerprint density at radius 1 is 1.41 bits per heavy atom. The first-order valence-electron chi connectivity index (χ1n) is 6.94. The van der Waals surface area contributed by atoms with E-state index in [4.69, 9.17) is 0 Å². The fourth-order valence-corrected chi connectivity index (χ4v) is 2.86. The Balaban J connectivity index is 2.06. The van der Waals surface area contributed by atoms with Crippen LogP contribution in [-0.4, -0.2) is 27.1 Å². The third-order valence-electron chi connectivity index (χ3n) is 3.02. The van der Waals surface area contributed by atoms with Gasteiger partial charge >= 0.3 is 0 Å². The maximum atomic E-state index is 11.9. The minimum absolute atomic E-state index is 0.130. The van der Waals surface area contributed by atoms with E-state index in [0.717, 1.165) is 10.9 Å². The first-order valence-corrected chi connectivity index (χ1v) is 7.92. The van der Waals surface area contributed by atoms with Crippen molar-refractivity contribution in [2.75, 3.05) is 6.54 Å². The average Bonchev–Trinajstić information content (AvgIpc) is 2.93. The van der Waals surface area contributed by atoms with E-state index in [0.29, 0.717) is 12.2 Å². The van der Waals surface area contributed by atoms with Crippen molar-refractivity contribution in [3.05, 3.63) is 60.4 Å². The van der Waals surface area contributed by atoms with E-state index in [1.165, 1.54) is 5.56 Å². The molecule has 0 atom stereocenters. The number of aromatic nitrogens is 2. The minimum Gasteiger partial charge on any atom is -0.390 e. The smallest absolute Gasteiger partial charge is 0.240 e. The Bertz CT molecular complexity index is 626. The van der Waals surface area contributed by atoms with Crippen LogP contribution in [0.2, 0.25) is 0 Å². The standard InChI is InChI=1S/C16H19N3O2S/c1-2-8-17-15(21)10-19-14(11-20)9-18-16(19)22-12-13-6-4-3-5-7-13/h2-7,9,20H,1,8,10-12H2,(H,17,21). The van der Waals surface area contributed by atoms with E-state index in [2.05, 4.69) is 16.9 Å². The fourth-order valence-electron chi connectivity index (χ4n) is 1.91. The molecule has 0 radical (unpaired) electrons. The lowest BCUT2D eigenvalue weighted by molar-refractivity contribution is -0.121. The number of aliphatic hydroxyl groups is 1. The van der Waals surface area contributed by atoms with Crippen LogP contribution in [0.25, 0.3) is 0 Å². The lowest BCUT2D eigenvalue weighted by Crippen LogP contribution is -2.28. The van der Waals surface area contributed by atoms with Crippen molar-refractivity contribution in [1.29, 1.82) is 0 Å². The summed E-state index contributed by atoms with van der Waals surface area (Å²) in [7, 11) is 0. The number of imidazole rings is 1. The molecule has 0 spiro atoms. The Hall–Kier alpha value is -2.05. The molecule has 1 amide bonds. The Kier molecular flexibility index (Phi) is 6.24. The number of nitrogens with one attached hydrogen (secondary N) is 1. The van der Waals surface area contributed by atoms with E-state index in [-0.39, 0.29) is 19.1 Å². The highest BCUT2D eigenvalue weighted by atomic mass is 32.2. The monoisotopic (exact) mass is 317 g/mol. The van der Waals surface area contributed by atoms with Gasteiger partial charge in [-0.3, -0.25) is 4.79 Å². The number of nitrogens with zero attached hydrogens (tertiary/aromatic N) is 2. The van der Waals surface area contributed by atoms with Gasteiger partial charge in [0.1, 0.15) is 6.54 Å². The number of carbonyl (C=O) groups excluding carboxylic acids is 1. The van der Waals surface area contributed by atoms with Gasteiger partial charge in [0.2, 0.25) is 5.91 Å². The number of aliphatic hydroxyl groups excluding tert-OH is 1. The van der Waals surface area contributed by atoms with Crippen LogP contribution in [0.3, 0.4) is 0 Å². The largest absolute Gasteiger partial charge is 0.390 e. The van der Waals surface area contributed by atoms with E-state index in [1.807, 2.05) is 30.3 Å². The Morgan fingerprint density at radius 3 is 2.86 bits per heavy atom. The molecule has 22 heavy (non-hydrogen) atoms. The molecule has 0 saturated heterocycles. The van der Waals surface area contributed by atoms with Crippen LogP contribution in [-0.2, 0) is 23.7 Å². The zero-order valence-electron chi connectivity index (χ0n) is 12.2. The van der Waals surface area contributed by atoms with E-state index in [9.17, 15) is 9.90 Å². The van der Waals surface area contributed by atoms with Gasteiger partial charge in [-0.05, 0) is 5.56 Å². The molecule has 0 aliphatic heterocycles. The summed E-state index contributed by atoms with van der Waals surface area (Å²) < 4.78 is 1.74. The summed E-state index contributed by atoms with van der Waals surface area (Å²) in [6.07, 6.45) is 3.23. The lowest BCUT2D eigenvalue weighted by atomic mass is 10.2. The van der Waals surface area contributed by atoms with Crippen molar-refractivity contribution < 1.29 is 9.90 Å². The molecule has 1 heterocycles. The van der Waals surface area contributed by atoms with Crippen molar-refractivity contribution >= 4 is 17.7 Å².